The van der Waals surface area contributed by atoms with Crippen molar-refractivity contribution in [1.82, 2.24) is 5.01 Å². The molecule has 90 valence electrons. The molecule has 0 saturated carbocycles. The number of hydrazone groups is 1. The van der Waals surface area contributed by atoms with Gasteiger partial charge in [0.05, 0.1) is 13.0 Å². The molecule has 1 aliphatic heterocycles. The highest BCUT2D eigenvalue weighted by molar-refractivity contribution is 6.31. The summed E-state index contributed by atoms with van der Waals surface area (Å²) in [5, 5.41) is 6.54. The van der Waals surface area contributed by atoms with Gasteiger partial charge in [-0.3, -0.25) is 4.79 Å². The molecule has 1 aromatic carbocycles. The molecule has 0 bridgehead atoms. The summed E-state index contributed by atoms with van der Waals surface area (Å²) in [6.45, 7) is 2.55. The summed E-state index contributed by atoms with van der Waals surface area (Å²) in [5.41, 5.74) is 1.91. The van der Waals surface area contributed by atoms with Gasteiger partial charge in [-0.15, -0.1) is 0 Å². The Hall–Kier alpha value is -1.35. The average Bonchev–Trinajstić information content (AvgIpc) is 2.63. The number of carbonyl (C=O) groups is 1. The normalized spacial score (nSPS) is 15.3. The molecule has 0 atom stereocenters. The van der Waals surface area contributed by atoms with Gasteiger partial charge in [0.2, 0.25) is 5.91 Å². The van der Waals surface area contributed by atoms with Crippen molar-refractivity contribution in [3.05, 3.63) is 34.9 Å². The van der Waals surface area contributed by atoms with Gasteiger partial charge >= 0.3 is 0 Å². The van der Waals surface area contributed by atoms with E-state index in [2.05, 4.69) is 12.0 Å². The van der Waals surface area contributed by atoms with Gasteiger partial charge in [-0.25, -0.2) is 5.01 Å². The smallest absolute Gasteiger partial charge is 0.248 e. The molecular weight excluding hydrogens is 236 g/mol. The lowest BCUT2D eigenvalue weighted by Crippen LogP contribution is -2.20. The van der Waals surface area contributed by atoms with Gasteiger partial charge in [0.15, 0.2) is 0 Å². The molecule has 1 aliphatic rings. The minimum absolute atomic E-state index is 0.0633. The van der Waals surface area contributed by atoms with Gasteiger partial charge in [-0.05, 0) is 18.1 Å². The van der Waals surface area contributed by atoms with E-state index in [0.29, 0.717) is 18.0 Å². The fourth-order valence-electron chi connectivity index (χ4n) is 1.87. The van der Waals surface area contributed by atoms with Crippen LogP contribution in [0.25, 0.3) is 0 Å². The second-order valence-corrected chi connectivity index (χ2v) is 4.54. The first-order chi connectivity index (χ1) is 8.20. The number of carbonyl (C=O) groups excluding carboxylic acids is 1. The number of amides is 1. The van der Waals surface area contributed by atoms with Gasteiger partial charge in [0.1, 0.15) is 0 Å². The Morgan fingerprint density at radius 3 is 2.88 bits per heavy atom. The molecule has 0 aliphatic carbocycles. The Balaban J connectivity index is 2.09. The van der Waals surface area contributed by atoms with Crippen LogP contribution in [-0.4, -0.2) is 16.6 Å². The van der Waals surface area contributed by atoms with E-state index in [1.807, 2.05) is 24.3 Å². The van der Waals surface area contributed by atoms with Crippen molar-refractivity contribution in [2.24, 2.45) is 5.10 Å². The number of hydrogen-bond acceptors (Lipinski definition) is 2. The average molecular weight is 251 g/mol. The van der Waals surface area contributed by atoms with Crippen LogP contribution in [0.1, 0.15) is 31.7 Å². The Morgan fingerprint density at radius 2 is 2.18 bits per heavy atom. The summed E-state index contributed by atoms with van der Waals surface area (Å²) < 4.78 is 0. The fourth-order valence-corrected chi connectivity index (χ4v) is 2.06. The van der Waals surface area contributed by atoms with Crippen molar-refractivity contribution in [3.8, 4) is 0 Å². The first-order valence-corrected chi connectivity index (χ1v) is 6.18. The van der Waals surface area contributed by atoms with E-state index in [-0.39, 0.29) is 5.91 Å². The minimum Gasteiger partial charge on any atom is -0.273 e. The van der Waals surface area contributed by atoms with Crippen LogP contribution in [0, 0.1) is 0 Å². The Morgan fingerprint density at radius 1 is 1.41 bits per heavy atom. The number of halogens is 1. The Labute approximate surface area is 106 Å². The first kappa shape index (κ1) is 12.1. The zero-order valence-electron chi connectivity index (χ0n) is 9.82. The predicted molar refractivity (Wildman–Crippen MR) is 69.0 cm³/mol. The van der Waals surface area contributed by atoms with Crippen LogP contribution >= 0.6 is 11.6 Å². The third kappa shape index (κ3) is 2.86. The second kappa shape index (κ2) is 5.32. The minimum atomic E-state index is 0.0633. The molecule has 3 nitrogen and oxygen atoms in total. The maximum Gasteiger partial charge on any atom is 0.248 e. The lowest BCUT2D eigenvalue weighted by Gasteiger charge is -2.12. The molecule has 0 unspecified atom stereocenters. The molecule has 1 amide bonds. The van der Waals surface area contributed by atoms with Crippen LogP contribution in [-0.2, 0) is 11.3 Å². The highest BCUT2D eigenvalue weighted by atomic mass is 35.5. The van der Waals surface area contributed by atoms with Crippen molar-refractivity contribution >= 4 is 23.2 Å². The quantitative estimate of drug-likeness (QED) is 0.808. The van der Waals surface area contributed by atoms with Crippen LogP contribution in [0.5, 0.6) is 0 Å². The zero-order valence-corrected chi connectivity index (χ0v) is 10.6. The van der Waals surface area contributed by atoms with Crippen molar-refractivity contribution in [2.45, 2.75) is 32.7 Å². The predicted octanol–water partition coefficient (Wildman–Crippen LogP) is 3.23. The van der Waals surface area contributed by atoms with Crippen LogP contribution in [0.4, 0.5) is 0 Å². The molecule has 0 radical (unpaired) electrons. The van der Waals surface area contributed by atoms with Gasteiger partial charge in [-0.2, -0.15) is 5.10 Å². The van der Waals surface area contributed by atoms with E-state index in [4.69, 9.17) is 11.6 Å². The van der Waals surface area contributed by atoms with E-state index in [1.54, 1.807) is 0 Å². The van der Waals surface area contributed by atoms with E-state index in [0.717, 1.165) is 24.1 Å². The molecule has 17 heavy (non-hydrogen) atoms. The monoisotopic (exact) mass is 250 g/mol. The molecule has 1 heterocycles. The van der Waals surface area contributed by atoms with Gasteiger partial charge in [-0.1, -0.05) is 43.1 Å². The van der Waals surface area contributed by atoms with E-state index < -0.39 is 0 Å². The number of rotatable bonds is 4. The summed E-state index contributed by atoms with van der Waals surface area (Å²) in [6.07, 6.45) is 2.37. The molecule has 4 heteroatoms. The van der Waals surface area contributed by atoms with E-state index in [9.17, 15) is 4.79 Å². The molecular formula is C13H15ClN2O. The molecule has 0 saturated heterocycles. The van der Waals surface area contributed by atoms with Crippen molar-refractivity contribution in [2.75, 3.05) is 0 Å². The van der Waals surface area contributed by atoms with Crippen LogP contribution in [0.15, 0.2) is 29.4 Å². The number of nitrogens with zero attached hydrogens (tertiary/aromatic N) is 2. The van der Waals surface area contributed by atoms with Crippen LogP contribution in [0.3, 0.4) is 0 Å². The van der Waals surface area contributed by atoms with Gasteiger partial charge < -0.3 is 0 Å². The first-order valence-electron chi connectivity index (χ1n) is 5.81. The molecule has 1 aromatic rings. The SMILES string of the molecule is CCCC1=NN(Cc2ccccc2Cl)C(=O)C1. The Kier molecular flexibility index (Phi) is 3.79. The largest absolute Gasteiger partial charge is 0.273 e. The van der Waals surface area contributed by atoms with Crippen molar-refractivity contribution < 1.29 is 4.79 Å². The summed E-state index contributed by atoms with van der Waals surface area (Å²) >= 11 is 6.06. The Bertz CT molecular complexity index is 456. The number of benzene rings is 1. The molecule has 0 aromatic heterocycles. The summed E-state index contributed by atoms with van der Waals surface area (Å²) in [4.78, 5) is 11.7. The molecule has 0 fully saturated rings. The lowest BCUT2D eigenvalue weighted by atomic mass is 10.2. The zero-order chi connectivity index (χ0) is 12.3. The maximum atomic E-state index is 11.7. The highest BCUT2D eigenvalue weighted by Crippen LogP contribution is 2.20. The third-order valence-electron chi connectivity index (χ3n) is 2.72. The molecule has 0 spiro atoms. The van der Waals surface area contributed by atoms with E-state index >= 15 is 0 Å². The van der Waals surface area contributed by atoms with Crippen molar-refractivity contribution in [3.63, 3.8) is 0 Å². The van der Waals surface area contributed by atoms with Crippen LogP contribution in [0.2, 0.25) is 5.02 Å². The van der Waals surface area contributed by atoms with Gasteiger partial charge in [0, 0.05) is 10.7 Å². The summed E-state index contributed by atoms with van der Waals surface area (Å²) in [6, 6.07) is 7.54. The van der Waals surface area contributed by atoms with Gasteiger partial charge in [0.25, 0.3) is 0 Å². The molecule has 0 N–H and O–H groups in total. The highest BCUT2D eigenvalue weighted by Gasteiger charge is 2.23. The maximum absolute atomic E-state index is 11.7. The second-order valence-electron chi connectivity index (χ2n) is 4.14. The van der Waals surface area contributed by atoms with Crippen molar-refractivity contribution in [1.29, 1.82) is 0 Å². The third-order valence-corrected chi connectivity index (χ3v) is 3.09. The topological polar surface area (TPSA) is 32.7 Å². The van der Waals surface area contributed by atoms with Crippen LogP contribution < -0.4 is 0 Å². The summed E-state index contributed by atoms with van der Waals surface area (Å²) in [7, 11) is 0. The number of hydrogen-bond donors (Lipinski definition) is 0. The fraction of sp³-hybridized carbons (Fsp3) is 0.385. The lowest BCUT2D eigenvalue weighted by molar-refractivity contribution is -0.129. The standard InChI is InChI=1S/C13H15ClN2O/c1-2-5-11-8-13(17)16(15-11)9-10-6-3-4-7-12(10)14/h3-4,6-7H,2,5,8-9H2,1H3. The summed E-state index contributed by atoms with van der Waals surface area (Å²) in [5.74, 6) is 0.0633. The van der Waals surface area contributed by atoms with E-state index in [1.165, 1.54) is 5.01 Å². The molecule has 2 rings (SSSR count).